The van der Waals surface area contributed by atoms with E-state index in [9.17, 15) is 18.0 Å². The maximum atomic E-state index is 13.1. The van der Waals surface area contributed by atoms with E-state index in [-0.39, 0.29) is 12.0 Å². The first kappa shape index (κ1) is 15.2. The van der Waals surface area contributed by atoms with Crippen LogP contribution in [0.25, 0.3) is 0 Å². The Labute approximate surface area is 119 Å². The molecule has 0 unspecified atom stereocenters. The summed E-state index contributed by atoms with van der Waals surface area (Å²) in [6.07, 6.45) is 1.16. The number of aromatic nitrogens is 3. The van der Waals surface area contributed by atoms with E-state index in [0.29, 0.717) is 30.4 Å². The van der Waals surface area contributed by atoms with Crippen molar-refractivity contribution in [2.75, 3.05) is 0 Å². The fraction of sp³-hybridized carbons (Fsp3) is 0.357. The number of nitrogens with zero attached hydrogens (tertiary/aromatic N) is 3. The lowest BCUT2D eigenvalue weighted by Gasteiger charge is -2.08. The van der Waals surface area contributed by atoms with Gasteiger partial charge in [0.1, 0.15) is 12.2 Å². The molecule has 0 aliphatic rings. The van der Waals surface area contributed by atoms with E-state index in [1.807, 2.05) is 13.8 Å². The van der Waals surface area contributed by atoms with Crippen LogP contribution in [0.4, 0.5) is 13.2 Å². The summed E-state index contributed by atoms with van der Waals surface area (Å²) in [6, 6.07) is 1.37. The molecule has 0 N–H and O–H groups in total. The van der Waals surface area contributed by atoms with Crippen molar-refractivity contribution in [3.8, 4) is 0 Å². The van der Waals surface area contributed by atoms with Crippen LogP contribution in [0.3, 0.4) is 0 Å². The molecule has 0 saturated heterocycles. The van der Waals surface area contributed by atoms with Crippen molar-refractivity contribution in [3.05, 3.63) is 47.3 Å². The highest BCUT2D eigenvalue weighted by atomic mass is 19.2. The van der Waals surface area contributed by atoms with E-state index in [1.165, 1.54) is 6.33 Å². The molecule has 2 aromatic rings. The normalized spacial score (nSPS) is 11.1. The summed E-state index contributed by atoms with van der Waals surface area (Å²) >= 11 is 0. The van der Waals surface area contributed by atoms with Gasteiger partial charge in [-0.3, -0.25) is 4.79 Å². The fourth-order valence-corrected chi connectivity index (χ4v) is 1.89. The number of Topliss-reactive ketones (excluding diaryl/α,β-unsaturated/α-hetero) is 1. The number of halogens is 3. The number of rotatable bonds is 5. The van der Waals surface area contributed by atoms with Gasteiger partial charge in [0, 0.05) is 12.1 Å². The number of carbonyl (C=O) groups excluding carboxylic acids is 1. The van der Waals surface area contributed by atoms with Crippen molar-refractivity contribution in [3.63, 3.8) is 0 Å². The van der Waals surface area contributed by atoms with Gasteiger partial charge in [-0.25, -0.2) is 22.8 Å². The molecule has 0 aliphatic carbocycles. The Balaban J connectivity index is 2.21. The number of ketones is 1. The third-order valence-electron chi connectivity index (χ3n) is 2.86. The van der Waals surface area contributed by atoms with Crippen LogP contribution in [-0.4, -0.2) is 20.5 Å². The summed E-state index contributed by atoms with van der Waals surface area (Å²) in [5.74, 6) is -4.20. The van der Waals surface area contributed by atoms with Crippen LogP contribution in [0.5, 0.6) is 0 Å². The first-order valence-corrected chi connectivity index (χ1v) is 6.43. The van der Waals surface area contributed by atoms with Crippen molar-refractivity contribution < 1.29 is 18.0 Å². The average Bonchev–Trinajstić information content (AvgIpc) is 2.81. The summed E-state index contributed by atoms with van der Waals surface area (Å²) in [6.45, 7) is 4.55. The standard InChI is InChI=1S/C14H14F3N3O/c1-8(2)6-20-13(18-7-19-20)5-12(21)9-3-10(15)14(17)11(16)4-9/h3-4,7-8H,5-6H2,1-2H3. The molecule has 1 heterocycles. The molecule has 0 atom stereocenters. The second-order valence-electron chi connectivity index (χ2n) is 5.11. The lowest BCUT2D eigenvalue weighted by atomic mass is 10.1. The molecule has 7 heteroatoms. The van der Waals surface area contributed by atoms with Crippen LogP contribution < -0.4 is 0 Å². The number of hydrogen-bond acceptors (Lipinski definition) is 3. The van der Waals surface area contributed by atoms with Crippen LogP contribution in [0, 0.1) is 23.4 Å². The first-order chi connectivity index (χ1) is 9.88. The molecule has 0 saturated carbocycles. The second kappa shape index (κ2) is 6.07. The monoisotopic (exact) mass is 297 g/mol. The Morgan fingerprint density at radius 3 is 2.43 bits per heavy atom. The minimum Gasteiger partial charge on any atom is -0.294 e. The number of hydrogen-bond donors (Lipinski definition) is 0. The first-order valence-electron chi connectivity index (χ1n) is 6.43. The fourth-order valence-electron chi connectivity index (χ4n) is 1.89. The van der Waals surface area contributed by atoms with E-state index >= 15 is 0 Å². The topological polar surface area (TPSA) is 47.8 Å². The highest BCUT2D eigenvalue weighted by Gasteiger charge is 2.17. The Kier molecular flexibility index (Phi) is 4.40. The largest absolute Gasteiger partial charge is 0.294 e. The molecule has 0 fully saturated rings. The molecule has 0 bridgehead atoms. The third-order valence-corrected chi connectivity index (χ3v) is 2.86. The molecular weight excluding hydrogens is 283 g/mol. The maximum absolute atomic E-state index is 13.1. The molecular formula is C14H14F3N3O. The van der Waals surface area contributed by atoms with Crippen LogP contribution in [0.1, 0.15) is 30.0 Å². The van der Waals surface area contributed by atoms with Gasteiger partial charge >= 0.3 is 0 Å². The van der Waals surface area contributed by atoms with Gasteiger partial charge in [-0.1, -0.05) is 13.8 Å². The molecule has 1 aromatic heterocycles. The summed E-state index contributed by atoms with van der Waals surface area (Å²) < 4.78 is 40.7. The molecule has 0 aliphatic heterocycles. The quantitative estimate of drug-likeness (QED) is 0.630. The zero-order chi connectivity index (χ0) is 15.6. The van der Waals surface area contributed by atoms with Gasteiger partial charge < -0.3 is 0 Å². The molecule has 21 heavy (non-hydrogen) atoms. The molecule has 4 nitrogen and oxygen atoms in total. The lowest BCUT2D eigenvalue weighted by molar-refractivity contribution is 0.0988. The van der Waals surface area contributed by atoms with Gasteiger partial charge in [0.15, 0.2) is 23.2 Å². The lowest BCUT2D eigenvalue weighted by Crippen LogP contribution is -2.14. The highest BCUT2D eigenvalue weighted by Crippen LogP contribution is 2.15. The number of carbonyl (C=O) groups is 1. The van der Waals surface area contributed by atoms with Gasteiger partial charge in [0.25, 0.3) is 0 Å². The van der Waals surface area contributed by atoms with Crippen molar-refractivity contribution in [2.45, 2.75) is 26.8 Å². The molecule has 0 spiro atoms. The summed E-state index contributed by atoms with van der Waals surface area (Å²) in [5.41, 5.74) is -0.231. The summed E-state index contributed by atoms with van der Waals surface area (Å²) in [4.78, 5) is 16.0. The van der Waals surface area contributed by atoms with Gasteiger partial charge in [-0.05, 0) is 18.1 Å². The van der Waals surface area contributed by atoms with E-state index < -0.39 is 23.2 Å². The zero-order valence-electron chi connectivity index (χ0n) is 11.6. The van der Waals surface area contributed by atoms with Crippen LogP contribution in [-0.2, 0) is 13.0 Å². The van der Waals surface area contributed by atoms with E-state index in [0.717, 1.165) is 0 Å². The second-order valence-corrected chi connectivity index (χ2v) is 5.11. The number of benzene rings is 1. The van der Waals surface area contributed by atoms with Gasteiger partial charge in [-0.15, -0.1) is 0 Å². The summed E-state index contributed by atoms with van der Waals surface area (Å²) in [7, 11) is 0. The summed E-state index contributed by atoms with van der Waals surface area (Å²) in [5, 5.41) is 4.00. The smallest absolute Gasteiger partial charge is 0.194 e. The minimum atomic E-state index is -1.59. The molecule has 1 aromatic carbocycles. The predicted octanol–water partition coefficient (Wildman–Crippen LogP) is 2.78. The van der Waals surface area contributed by atoms with E-state index in [2.05, 4.69) is 10.1 Å². The van der Waals surface area contributed by atoms with Gasteiger partial charge in [0.2, 0.25) is 0 Å². The van der Waals surface area contributed by atoms with E-state index in [1.54, 1.807) is 4.68 Å². The molecule has 2 rings (SSSR count). The Morgan fingerprint density at radius 1 is 1.24 bits per heavy atom. The average molecular weight is 297 g/mol. The SMILES string of the molecule is CC(C)Cn1ncnc1CC(=O)c1cc(F)c(F)c(F)c1. The third kappa shape index (κ3) is 3.48. The van der Waals surface area contributed by atoms with Crippen molar-refractivity contribution >= 4 is 5.78 Å². The minimum absolute atomic E-state index is 0.156. The van der Waals surface area contributed by atoms with Crippen molar-refractivity contribution in [1.29, 1.82) is 0 Å². The van der Waals surface area contributed by atoms with Crippen molar-refractivity contribution in [1.82, 2.24) is 14.8 Å². The molecule has 112 valence electrons. The maximum Gasteiger partial charge on any atom is 0.194 e. The zero-order valence-corrected chi connectivity index (χ0v) is 11.6. The van der Waals surface area contributed by atoms with Crippen LogP contribution >= 0.6 is 0 Å². The Morgan fingerprint density at radius 2 is 1.86 bits per heavy atom. The van der Waals surface area contributed by atoms with Crippen molar-refractivity contribution in [2.24, 2.45) is 5.92 Å². The van der Waals surface area contributed by atoms with Crippen LogP contribution in [0.2, 0.25) is 0 Å². The molecule has 0 radical (unpaired) electrons. The highest BCUT2D eigenvalue weighted by molar-refractivity contribution is 5.97. The Hall–Kier alpha value is -2.18. The van der Waals surface area contributed by atoms with E-state index in [4.69, 9.17) is 0 Å². The van der Waals surface area contributed by atoms with Gasteiger partial charge in [-0.2, -0.15) is 5.10 Å². The van der Waals surface area contributed by atoms with Gasteiger partial charge in [0.05, 0.1) is 6.42 Å². The predicted molar refractivity (Wildman–Crippen MR) is 69.2 cm³/mol. The molecule has 0 amide bonds. The Bertz CT molecular complexity index is 644. The van der Waals surface area contributed by atoms with Crippen LogP contribution in [0.15, 0.2) is 18.5 Å².